The molecule has 0 aliphatic carbocycles. The van der Waals surface area contributed by atoms with Gasteiger partial charge in [0.15, 0.2) is 0 Å². The van der Waals surface area contributed by atoms with Gasteiger partial charge in [-0.15, -0.1) is 0 Å². The predicted octanol–water partition coefficient (Wildman–Crippen LogP) is -0.444. The molecule has 2 amide bonds. The van der Waals surface area contributed by atoms with Crippen LogP contribution in [-0.2, 0) is 31.9 Å². The first-order valence-electron chi connectivity index (χ1n) is 10.1. The average Bonchev–Trinajstić information content (AvgIpc) is 3.56. The summed E-state index contributed by atoms with van der Waals surface area (Å²) >= 11 is 0. The third kappa shape index (κ3) is 6.25. The molecule has 34 heavy (non-hydrogen) atoms. The normalized spacial score (nSPS) is 12.3. The Labute approximate surface area is 193 Å². The van der Waals surface area contributed by atoms with E-state index in [-0.39, 0.29) is 24.2 Å². The molecule has 178 valence electrons. The molecule has 0 radical (unpaired) electrons. The zero-order valence-corrected chi connectivity index (χ0v) is 18.4. The van der Waals surface area contributed by atoms with Crippen LogP contribution < -0.4 is 10.6 Å². The molecule has 0 unspecified atom stereocenters. The maximum absolute atomic E-state index is 12.7. The van der Waals surface area contributed by atoms with Crippen molar-refractivity contribution in [3.8, 4) is 0 Å². The monoisotopic (exact) mass is 469 g/mol. The van der Waals surface area contributed by atoms with E-state index in [1.54, 1.807) is 0 Å². The molecule has 13 nitrogen and oxygen atoms in total. The second-order valence-corrected chi connectivity index (χ2v) is 7.07. The van der Waals surface area contributed by atoms with Gasteiger partial charge in [0.2, 0.25) is 0 Å². The van der Waals surface area contributed by atoms with E-state index in [0.29, 0.717) is 11.4 Å². The molecular formula is C21H23N7O6. The van der Waals surface area contributed by atoms with E-state index in [2.05, 4.69) is 35.6 Å². The second kappa shape index (κ2) is 11.4. The Morgan fingerprint density at radius 2 is 1.26 bits per heavy atom. The summed E-state index contributed by atoms with van der Waals surface area (Å²) in [7, 11) is 2.41. The van der Waals surface area contributed by atoms with Gasteiger partial charge in [0.1, 0.15) is 23.5 Å². The summed E-state index contributed by atoms with van der Waals surface area (Å²) < 4.78 is 9.51. The minimum Gasteiger partial charge on any atom is -0.467 e. The van der Waals surface area contributed by atoms with Crippen molar-refractivity contribution in [1.29, 1.82) is 0 Å². The number of nitrogens with zero attached hydrogens (tertiary/aromatic N) is 3. The number of rotatable bonds is 10. The van der Waals surface area contributed by atoms with E-state index >= 15 is 0 Å². The molecule has 3 aromatic rings. The van der Waals surface area contributed by atoms with Crippen molar-refractivity contribution < 1.29 is 28.7 Å². The van der Waals surface area contributed by atoms with Crippen LogP contribution in [0.5, 0.6) is 0 Å². The van der Waals surface area contributed by atoms with Gasteiger partial charge in [0.05, 0.1) is 26.9 Å². The van der Waals surface area contributed by atoms with Crippen LogP contribution in [0.3, 0.4) is 0 Å². The highest BCUT2D eigenvalue weighted by Gasteiger charge is 2.26. The average molecular weight is 469 g/mol. The molecule has 0 aliphatic heterocycles. The van der Waals surface area contributed by atoms with E-state index in [1.165, 1.54) is 57.5 Å². The topological polar surface area (TPSA) is 181 Å². The lowest BCUT2D eigenvalue weighted by atomic mass is 10.1. The third-order valence-corrected chi connectivity index (χ3v) is 4.75. The number of ether oxygens (including phenoxy) is 2. The minimum absolute atomic E-state index is 0.102. The van der Waals surface area contributed by atoms with Crippen molar-refractivity contribution in [3.05, 3.63) is 66.0 Å². The fourth-order valence-electron chi connectivity index (χ4n) is 3.06. The Kier molecular flexibility index (Phi) is 8.05. The Morgan fingerprint density at radius 1 is 0.824 bits per heavy atom. The van der Waals surface area contributed by atoms with E-state index in [0.717, 1.165) is 0 Å². The zero-order chi connectivity index (χ0) is 24.5. The first-order chi connectivity index (χ1) is 16.4. The van der Waals surface area contributed by atoms with Crippen molar-refractivity contribution in [3.63, 3.8) is 0 Å². The van der Waals surface area contributed by atoms with E-state index in [1.807, 2.05) is 0 Å². The summed E-state index contributed by atoms with van der Waals surface area (Å²) in [6, 6.07) is 2.23. The van der Waals surface area contributed by atoms with Gasteiger partial charge in [-0.05, 0) is 12.1 Å². The van der Waals surface area contributed by atoms with Crippen molar-refractivity contribution >= 4 is 23.8 Å². The Morgan fingerprint density at radius 3 is 1.62 bits per heavy atom. The Hall–Kier alpha value is -4.55. The lowest BCUT2D eigenvalue weighted by molar-refractivity contribution is -0.143. The van der Waals surface area contributed by atoms with Crippen molar-refractivity contribution in [2.45, 2.75) is 24.9 Å². The van der Waals surface area contributed by atoms with Crippen molar-refractivity contribution in [2.24, 2.45) is 0 Å². The highest BCUT2D eigenvalue weighted by Crippen LogP contribution is 2.06. The summed E-state index contributed by atoms with van der Waals surface area (Å²) in [4.78, 5) is 67.3. The minimum atomic E-state index is -1.00. The van der Waals surface area contributed by atoms with E-state index in [4.69, 9.17) is 9.47 Å². The third-order valence-electron chi connectivity index (χ3n) is 4.75. The standard InChI is InChI=1S/C21H23N7O6/c1-33-20(31)16(6-12-8-22-10-24-12)27-18(29)14-4-3-5-15(26-14)19(30)28-17(21(32)34-2)7-13-9-23-11-25-13/h3-5,8-11,16-17H,6-7H2,1-2H3,(H,22,24)(H,23,25)(H,27,29)(H,28,30)/t16-,17-/m0/s1. The SMILES string of the molecule is COC(=O)[C@H](Cc1cnc[nH]1)NC(=O)c1cccc(C(=O)N[C@@H](Cc2cnc[nH]2)C(=O)OC)n1. The molecule has 2 atom stereocenters. The molecule has 0 aliphatic rings. The molecule has 3 rings (SSSR count). The van der Waals surface area contributed by atoms with Gasteiger partial charge in [-0.1, -0.05) is 6.07 Å². The lowest BCUT2D eigenvalue weighted by Gasteiger charge is -2.17. The molecule has 13 heteroatoms. The van der Waals surface area contributed by atoms with Crippen LogP contribution in [-0.4, -0.2) is 75.0 Å². The van der Waals surface area contributed by atoms with Crippen LogP contribution in [0.2, 0.25) is 0 Å². The molecular weight excluding hydrogens is 446 g/mol. The lowest BCUT2D eigenvalue weighted by Crippen LogP contribution is -2.44. The summed E-state index contributed by atoms with van der Waals surface area (Å²) in [5.41, 5.74) is 1.02. The Bertz CT molecular complexity index is 1040. The molecule has 0 bridgehead atoms. The van der Waals surface area contributed by atoms with Crippen LogP contribution in [0.15, 0.2) is 43.2 Å². The Balaban J connectivity index is 1.71. The number of carbonyl (C=O) groups is 4. The number of nitrogens with one attached hydrogen (secondary N) is 4. The molecule has 0 saturated carbocycles. The van der Waals surface area contributed by atoms with Gasteiger partial charge in [0.25, 0.3) is 11.8 Å². The van der Waals surface area contributed by atoms with Crippen molar-refractivity contribution in [2.75, 3.05) is 14.2 Å². The number of amides is 2. The highest BCUT2D eigenvalue weighted by molar-refractivity contribution is 5.98. The van der Waals surface area contributed by atoms with Crippen LogP contribution in [0.25, 0.3) is 0 Å². The fraction of sp³-hybridized carbons (Fsp3) is 0.286. The molecule has 0 saturated heterocycles. The second-order valence-electron chi connectivity index (χ2n) is 7.07. The number of imidazole rings is 2. The summed E-state index contributed by atoms with van der Waals surface area (Å²) in [5, 5.41) is 5.09. The number of esters is 2. The number of hydrogen-bond acceptors (Lipinski definition) is 9. The smallest absolute Gasteiger partial charge is 0.328 e. The fourth-order valence-corrected chi connectivity index (χ4v) is 3.06. The first-order valence-corrected chi connectivity index (χ1v) is 10.1. The van der Waals surface area contributed by atoms with Gasteiger partial charge >= 0.3 is 11.9 Å². The maximum Gasteiger partial charge on any atom is 0.328 e. The van der Waals surface area contributed by atoms with Crippen LogP contribution in [0.1, 0.15) is 32.4 Å². The maximum atomic E-state index is 12.7. The number of aromatic amines is 2. The number of H-pyrrole nitrogens is 2. The van der Waals surface area contributed by atoms with Crippen LogP contribution >= 0.6 is 0 Å². The predicted molar refractivity (Wildman–Crippen MR) is 115 cm³/mol. The van der Waals surface area contributed by atoms with Gasteiger partial charge in [0, 0.05) is 36.6 Å². The number of carbonyl (C=O) groups excluding carboxylic acids is 4. The van der Waals surface area contributed by atoms with Crippen LogP contribution in [0.4, 0.5) is 0 Å². The quantitative estimate of drug-likeness (QED) is 0.286. The van der Waals surface area contributed by atoms with Gasteiger partial charge in [-0.3, -0.25) is 9.59 Å². The van der Waals surface area contributed by atoms with Crippen molar-refractivity contribution in [1.82, 2.24) is 35.6 Å². The number of aromatic nitrogens is 5. The van der Waals surface area contributed by atoms with Gasteiger partial charge < -0.3 is 30.1 Å². The molecule has 3 heterocycles. The molecule has 3 aromatic heterocycles. The van der Waals surface area contributed by atoms with Crippen LogP contribution in [0, 0.1) is 0 Å². The van der Waals surface area contributed by atoms with E-state index < -0.39 is 35.8 Å². The summed E-state index contributed by atoms with van der Waals surface area (Å²) in [5.74, 6) is -2.69. The zero-order valence-electron chi connectivity index (χ0n) is 18.4. The van der Waals surface area contributed by atoms with Gasteiger partial charge in [-0.2, -0.15) is 0 Å². The first kappa shape index (κ1) is 24.1. The number of pyridine rings is 1. The summed E-state index contributed by atoms with van der Waals surface area (Å²) in [6.45, 7) is 0. The largest absolute Gasteiger partial charge is 0.467 e. The van der Waals surface area contributed by atoms with Gasteiger partial charge in [-0.25, -0.2) is 24.5 Å². The highest BCUT2D eigenvalue weighted by atomic mass is 16.5. The molecule has 0 fully saturated rings. The van der Waals surface area contributed by atoms with E-state index in [9.17, 15) is 19.2 Å². The number of methoxy groups -OCH3 is 2. The molecule has 0 aromatic carbocycles. The molecule has 0 spiro atoms. The molecule has 4 N–H and O–H groups in total. The summed E-state index contributed by atoms with van der Waals surface area (Å²) in [6.07, 6.45) is 6.17. The number of hydrogen-bond donors (Lipinski definition) is 4.